The molecule has 0 saturated heterocycles. The normalized spacial score (nSPS) is 12.6. The van der Waals surface area contributed by atoms with Crippen LogP contribution in [0.2, 0.25) is 0 Å². The topological polar surface area (TPSA) is 63.8 Å². The number of nitrogens with zero attached hydrogens (tertiary/aromatic N) is 4. The molecule has 0 fully saturated rings. The molecule has 1 aromatic carbocycles. The van der Waals surface area contributed by atoms with E-state index in [1.807, 2.05) is 31.2 Å². The molecule has 1 aromatic heterocycles. The standard InChI is InChI=1S/C12H15BrN4OS/c1-9(6-18)7-19-8-12-14-15-16-17(12)11-5-3-2-4-10(11)13/h2-5,9,18H,6-8H2,1H3. The van der Waals surface area contributed by atoms with Crippen molar-refractivity contribution in [2.45, 2.75) is 12.7 Å². The summed E-state index contributed by atoms with van der Waals surface area (Å²) in [4.78, 5) is 0. The lowest BCUT2D eigenvalue weighted by molar-refractivity contribution is 0.250. The zero-order valence-electron chi connectivity index (χ0n) is 10.5. The second-order valence-corrected chi connectivity index (χ2v) is 6.15. The number of aliphatic hydroxyl groups is 1. The molecule has 0 spiro atoms. The van der Waals surface area contributed by atoms with Crippen LogP contribution in [0, 0.1) is 5.92 Å². The van der Waals surface area contributed by atoms with Gasteiger partial charge in [0.2, 0.25) is 0 Å². The molecule has 0 saturated carbocycles. The van der Waals surface area contributed by atoms with Gasteiger partial charge in [-0.25, -0.2) is 0 Å². The van der Waals surface area contributed by atoms with E-state index in [-0.39, 0.29) is 12.5 Å². The first kappa shape index (κ1) is 14.5. The minimum Gasteiger partial charge on any atom is -0.396 e. The molecule has 1 N–H and O–H groups in total. The molecule has 1 atom stereocenters. The van der Waals surface area contributed by atoms with Gasteiger partial charge in [-0.2, -0.15) is 16.4 Å². The summed E-state index contributed by atoms with van der Waals surface area (Å²) in [6, 6.07) is 7.83. The molecule has 102 valence electrons. The van der Waals surface area contributed by atoms with Gasteiger partial charge in [-0.15, -0.1) is 5.10 Å². The van der Waals surface area contributed by atoms with Crippen molar-refractivity contribution < 1.29 is 5.11 Å². The van der Waals surface area contributed by atoms with Crippen molar-refractivity contribution in [2.75, 3.05) is 12.4 Å². The van der Waals surface area contributed by atoms with E-state index in [0.29, 0.717) is 0 Å². The highest BCUT2D eigenvalue weighted by atomic mass is 79.9. The van der Waals surface area contributed by atoms with E-state index in [0.717, 1.165) is 27.5 Å². The van der Waals surface area contributed by atoms with Crippen LogP contribution in [0.3, 0.4) is 0 Å². The van der Waals surface area contributed by atoms with Gasteiger partial charge in [0, 0.05) is 11.1 Å². The SMILES string of the molecule is CC(CO)CSCc1nnnn1-c1ccccc1Br. The number of para-hydroxylation sites is 1. The summed E-state index contributed by atoms with van der Waals surface area (Å²) in [5, 5.41) is 20.8. The van der Waals surface area contributed by atoms with Gasteiger partial charge in [0.15, 0.2) is 5.82 Å². The highest BCUT2D eigenvalue weighted by molar-refractivity contribution is 9.10. The lowest BCUT2D eigenvalue weighted by atomic mass is 10.2. The van der Waals surface area contributed by atoms with Crippen LogP contribution in [0.15, 0.2) is 28.7 Å². The Labute approximate surface area is 124 Å². The van der Waals surface area contributed by atoms with Crippen molar-refractivity contribution >= 4 is 27.7 Å². The van der Waals surface area contributed by atoms with E-state index in [1.165, 1.54) is 0 Å². The molecule has 0 amide bonds. The molecule has 1 heterocycles. The van der Waals surface area contributed by atoms with Gasteiger partial charge in [-0.1, -0.05) is 19.1 Å². The van der Waals surface area contributed by atoms with Crippen molar-refractivity contribution in [3.63, 3.8) is 0 Å². The Kier molecular flexibility index (Phi) is 5.35. The van der Waals surface area contributed by atoms with Crippen molar-refractivity contribution in [3.05, 3.63) is 34.6 Å². The Morgan fingerprint density at radius 3 is 2.95 bits per heavy atom. The summed E-state index contributed by atoms with van der Waals surface area (Å²) in [6.45, 7) is 2.23. The van der Waals surface area contributed by atoms with Gasteiger partial charge in [0.1, 0.15) is 0 Å². The Bertz CT molecular complexity index is 534. The van der Waals surface area contributed by atoms with Gasteiger partial charge < -0.3 is 5.11 Å². The summed E-state index contributed by atoms with van der Waals surface area (Å²) in [7, 11) is 0. The number of hydrogen-bond acceptors (Lipinski definition) is 5. The molecule has 19 heavy (non-hydrogen) atoms. The first-order valence-corrected chi connectivity index (χ1v) is 7.88. The molecule has 0 aliphatic rings. The van der Waals surface area contributed by atoms with E-state index in [4.69, 9.17) is 5.11 Å². The van der Waals surface area contributed by atoms with Crippen LogP contribution in [0.4, 0.5) is 0 Å². The molecule has 5 nitrogen and oxygen atoms in total. The first-order valence-electron chi connectivity index (χ1n) is 5.93. The molecule has 0 radical (unpaired) electrons. The summed E-state index contributed by atoms with van der Waals surface area (Å²) in [6.07, 6.45) is 0. The highest BCUT2D eigenvalue weighted by Crippen LogP contribution is 2.22. The summed E-state index contributed by atoms with van der Waals surface area (Å²) >= 11 is 5.22. The molecule has 7 heteroatoms. The molecular weight excluding hydrogens is 328 g/mol. The summed E-state index contributed by atoms with van der Waals surface area (Å²) in [5.41, 5.74) is 0.929. The number of tetrazole rings is 1. The number of benzene rings is 1. The van der Waals surface area contributed by atoms with Gasteiger partial charge in [-0.05, 0) is 50.2 Å². The van der Waals surface area contributed by atoms with Crippen molar-refractivity contribution in [1.82, 2.24) is 20.2 Å². The zero-order valence-corrected chi connectivity index (χ0v) is 12.9. The fraction of sp³-hybridized carbons (Fsp3) is 0.417. The van der Waals surface area contributed by atoms with Crippen LogP contribution in [-0.4, -0.2) is 37.7 Å². The van der Waals surface area contributed by atoms with Crippen LogP contribution in [0.5, 0.6) is 0 Å². The number of hydrogen-bond donors (Lipinski definition) is 1. The van der Waals surface area contributed by atoms with Crippen molar-refractivity contribution in [2.24, 2.45) is 5.92 Å². The number of thioether (sulfide) groups is 1. The Balaban J connectivity index is 2.08. The van der Waals surface area contributed by atoms with Gasteiger partial charge >= 0.3 is 0 Å². The third-order valence-electron chi connectivity index (χ3n) is 2.56. The zero-order chi connectivity index (χ0) is 13.7. The predicted octanol–water partition coefficient (Wildman–Crippen LogP) is 2.29. The largest absolute Gasteiger partial charge is 0.396 e. The van der Waals surface area contributed by atoms with Crippen LogP contribution in [0.1, 0.15) is 12.7 Å². The van der Waals surface area contributed by atoms with E-state index < -0.39 is 0 Å². The summed E-state index contributed by atoms with van der Waals surface area (Å²) < 4.78 is 2.69. The van der Waals surface area contributed by atoms with E-state index in [9.17, 15) is 0 Å². The Morgan fingerprint density at radius 2 is 2.21 bits per heavy atom. The smallest absolute Gasteiger partial charge is 0.166 e. The molecule has 2 aromatic rings. The maximum atomic E-state index is 9.00. The number of aliphatic hydroxyl groups excluding tert-OH is 1. The minimum absolute atomic E-state index is 0.210. The van der Waals surface area contributed by atoms with Gasteiger partial charge in [-0.3, -0.25) is 0 Å². The fourth-order valence-corrected chi connectivity index (χ4v) is 2.95. The van der Waals surface area contributed by atoms with Crippen LogP contribution in [-0.2, 0) is 5.75 Å². The monoisotopic (exact) mass is 342 g/mol. The second-order valence-electron chi connectivity index (χ2n) is 4.26. The quantitative estimate of drug-likeness (QED) is 0.872. The first-order chi connectivity index (χ1) is 9.22. The van der Waals surface area contributed by atoms with E-state index in [2.05, 4.69) is 31.5 Å². The molecule has 2 rings (SSSR count). The molecule has 1 unspecified atom stereocenters. The van der Waals surface area contributed by atoms with Crippen molar-refractivity contribution in [3.8, 4) is 5.69 Å². The number of aromatic nitrogens is 4. The molecule has 0 aliphatic carbocycles. The second kappa shape index (κ2) is 7.02. The average molecular weight is 343 g/mol. The van der Waals surface area contributed by atoms with Crippen LogP contribution >= 0.6 is 27.7 Å². The van der Waals surface area contributed by atoms with E-state index >= 15 is 0 Å². The fourth-order valence-electron chi connectivity index (χ4n) is 1.51. The molecular formula is C12H15BrN4OS. The van der Waals surface area contributed by atoms with Crippen LogP contribution < -0.4 is 0 Å². The lowest BCUT2D eigenvalue weighted by Gasteiger charge is -2.08. The lowest BCUT2D eigenvalue weighted by Crippen LogP contribution is -2.06. The number of halogens is 1. The Hall–Kier alpha value is -0.920. The highest BCUT2D eigenvalue weighted by Gasteiger charge is 2.11. The predicted molar refractivity (Wildman–Crippen MR) is 79.3 cm³/mol. The Morgan fingerprint density at radius 1 is 1.42 bits per heavy atom. The average Bonchev–Trinajstić information content (AvgIpc) is 2.87. The third kappa shape index (κ3) is 3.77. The van der Waals surface area contributed by atoms with Gasteiger partial charge in [0.05, 0.1) is 11.4 Å². The third-order valence-corrected chi connectivity index (χ3v) is 4.50. The van der Waals surface area contributed by atoms with Crippen molar-refractivity contribution in [1.29, 1.82) is 0 Å². The number of rotatable bonds is 6. The molecule has 0 bridgehead atoms. The maximum Gasteiger partial charge on any atom is 0.166 e. The summed E-state index contributed by atoms with van der Waals surface area (Å²) in [5.74, 6) is 2.71. The minimum atomic E-state index is 0.210. The maximum absolute atomic E-state index is 9.00. The molecule has 0 aliphatic heterocycles. The van der Waals surface area contributed by atoms with Crippen LogP contribution in [0.25, 0.3) is 5.69 Å². The van der Waals surface area contributed by atoms with Gasteiger partial charge in [0.25, 0.3) is 0 Å². The van der Waals surface area contributed by atoms with E-state index in [1.54, 1.807) is 16.4 Å².